The van der Waals surface area contributed by atoms with E-state index in [1.54, 1.807) is 6.07 Å². The summed E-state index contributed by atoms with van der Waals surface area (Å²) in [5.41, 5.74) is 1.75. The minimum absolute atomic E-state index is 0.244. The number of aromatic nitrogens is 1. The Morgan fingerprint density at radius 1 is 1.35 bits per heavy atom. The molecule has 1 aromatic heterocycles. The highest BCUT2D eigenvalue weighted by Crippen LogP contribution is 2.33. The largest absolute Gasteiger partial charge is 0.436 e. The molecule has 1 N–H and O–H groups in total. The van der Waals surface area contributed by atoms with Gasteiger partial charge in [-0.2, -0.15) is 0 Å². The molecule has 0 amide bonds. The van der Waals surface area contributed by atoms with Gasteiger partial charge in [-0.3, -0.25) is 0 Å². The number of nitrogens with one attached hydrogen (secondary N) is 1. The monoisotopic (exact) mass is 294 g/mol. The third-order valence-corrected chi connectivity index (χ3v) is 3.96. The summed E-state index contributed by atoms with van der Waals surface area (Å²) < 4.78 is 19.6. The van der Waals surface area contributed by atoms with Crippen LogP contribution in [0.2, 0.25) is 0 Å². The van der Waals surface area contributed by atoms with Crippen LogP contribution in [0.25, 0.3) is 0 Å². The maximum absolute atomic E-state index is 14.0. The Bertz CT molecular complexity index is 576. The molecule has 0 fully saturated rings. The Morgan fingerprint density at radius 2 is 2.10 bits per heavy atom. The maximum atomic E-state index is 14.0. The molecule has 1 aromatic carbocycles. The van der Waals surface area contributed by atoms with Crippen molar-refractivity contribution in [3.63, 3.8) is 0 Å². The Balaban J connectivity index is 2.25. The van der Waals surface area contributed by atoms with E-state index >= 15 is 0 Å². The molecular weight excluding hydrogens is 275 g/mol. The van der Waals surface area contributed by atoms with Crippen LogP contribution in [0.1, 0.15) is 30.9 Å². The summed E-state index contributed by atoms with van der Waals surface area (Å²) >= 11 is 1.23. The molecule has 20 heavy (non-hydrogen) atoms. The zero-order valence-electron chi connectivity index (χ0n) is 12.2. The second kappa shape index (κ2) is 6.41. The third kappa shape index (κ3) is 3.61. The second-order valence-corrected chi connectivity index (χ2v) is 5.95. The first-order valence-corrected chi connectivity index (χ1v) is 7.41. The molecule has 2 rings (SSSR count). The molecule has 0 unspecified atom stereocenters. The van der Waals surface area contributed by atoms with Gasteiger partial charge in [0.15, 0.2) is 0 Å². The topological polar surface area (TPSA) is 38.1 Å². The van der Waals surface area contributed by atoms with Crippen LogP contribution in [0.4, 0.5) is 4.39 Å². The molecule has 0 bridgehead atoms. The molecule has 0 saturated carbocycles. The van der Waals surface area contributed by atoms with Gasteiger partial charge in [-0.25, -0.2) is 9.37 Å². The van der Waals surface area contributed by atoms with Crippen LogP contribution >= 0.6 is 11.8 Å². The lowest BCUT2D eigenvalue weighted by molar-refractivity contribution is 0.430. The molecule has 0 spiro atoms. The zero-order chi connectivity index (χ0) is 14.7. The first kappa shape index (κ1) is 15.1. The van der Waals surface area contributed by atoms with Crippen molar-refractivity contribution < 1.29 is 8.81 Å². The number of rotatable bonds is 5. The van der Waals surface area contributed by atoms with Gasteiger partial charge in [0.25, 0.3) is 5.22 Å². The first-order valence-electron chi connectivity index (χ1n) is 6.60. The molecule has 2 aromatic rings. The van der Waals surface area contributed by atoms with E-state index in [1.807, 2.05) is 19.9 Å². The van der Waals surface area contributed by atoms with Crippen molar-refractivity contribution in [2.45, 2.75) is 50.4 Å². The number of halogens is 1. The van der Waals surface area contributed by atoms with Gasteiger partial charge in [-0.1, -0.05) is 26.0 Å². The van der Waals surface area contributed by atoms with Gasteiger partial charge in [-0.05, 0) is 37.2 Å². The Labute approximate surface area is 123 Å². The van der Waals surface area contributed by atoms with Gasteiger partial charge in [0.05, 0.1) is 10.6 Å². The molecule has 5 heteroatoms. The Hall–Kier alpha value is -1.33. The van der Waals surface area contributed by atoms with Gasteiger partial charge in [0.1, 0.15) is 11.6 Å². The van der Waals surface area contributed by atoms with Crippen LogP contribution in [-0.2, 0) is 6.54 Å². The molecule has 3 nitrogen and oxygen atoms in total. The van der Waals surface area contributed by atoms with E-state index in [0.717, 1.165) is 17.0 Å². The molecule has 0 aliphatic rings. The smallest absolute Gasteiger partial charge is 0.261 e. The van der Waals surface area contributed by atoms with E-state index < -0.39 is 0 Å². The maximum Gasteiger partial charge on any atom is 0.261 e. The first-order chi connectivity index (χ1) is 9.47. The van der Waals surface area contributed by atoms with Crippen molar-refractivity contribution in [3.8, 4) is 0 Å². The molecule has 0 radical (unpaired) electrons. The average Bonchev–Trinajstić information content (AvgIpc) is 2.69. The number of hydrogen-bond acceptors (Lipinski definition) is 4. The molecule has 0 aliphatic heterocycles. The van der Waals surface area contributed by atoms with Gasteiger partial charge in [0.2, 0.25) is 0 Å². The summed E-state index contributed by atoms with van der Waals surface area (Å²) in [7, 11) is 0. The van der Waals surface area contributed by atoms with E-state index in [1.165, 1.54) is 17.8 Å². The normalized spacial score (nSPS) is 11.3. The highest BCUT2D eigenvalue weighted by atomic mass is 32.2. The minimum atomic E-state index is -0.244. The van der Waals surface area contributed by atoms with E-state index in [4.69, 9.17) is 4.42 Å². The van der Waals surface area contributed by atoms with Gasteiger partial charge < -0.3 is 9.73 Å². The molecule has 108 valence electrons. The number of oxazole rings is 1. The third-order valence-electron chi connectivity index (χ3n) is 2.95. The lowest BCUT2D eigenvalue weighted by Gasteiger charge is -2.11. The van der Waals surface area contributed by atoms with Crippen molar-refractivity contribution in [3.05, 3.63) is 41.0 Å². The van der Waals surface area contributed by atoms with Crippen molar-refractivity contribution in [2.24, 2.45) is 0 Å². The van der Waals surface area contributed by atoms with Crippen LogP contribution in [-0.4, -0.2) is 11.0 Å². The van der Waals surface area contributed by atoms with Crippen LogP contribution in [0.15, 0.2) is 32.7 Å². The van der Waals surface area contributed by atoms with Crippen molar-refractivity contribution in [1.29, 1.82) is 0 Å². The highest BCUT2D eigenvalue weighted by molar-refractivity contribution is 7.99. The summed E-state index contributed by atoms with van der Waals surface area (Å²) in [6.45, 7) is 8.48. The van der Waals surface area contributed by atoms with Crippen LogP contribution in [0, 0.1) is 19.7 Å². The number of benzene rings is 1. The lowest BCUT2D eigenvalue weighted by atomic mass is 10.2. The predicted molar refractivity (Wildman–Crippen MR) is 78.5 cm³/mol. The van der Waals surface area contributed by atoms with Crippen molar-refractivity contribution in [1.82, 2.24) is 10.3 Å². The zero-order valence-corrected chi connectivity index (χ0v) is 13.0. The van der Waals surface area contributed by atoms with Crippen LogP contribution < -0.4 is 5.32 Å². The number of nitrogens with zero attached hydrogens (tertiary/aromatic N) is 1. The quantitative estimate of drug-likeness (QED) is 0.901. The standard InChI is InChI=1S/C15H19FN2OS/c1-9(2)17-8-12-6-5-7-13(16)14(12)20-15-18-10(3)11(4)19-15/h5-7,9,17H,8H2,1-4H3. The molecular formula is C15H19FN2OS. The highest BCUT2D eigenvalue weighted by Gasteiger charge is 2.14. The predicted octanol–water partition coefficient (Wildman–Crippen LogP) is 4.08. The van der Waals surface area contributed by atoms with E-state index in [9.17, 15) is 4.39 Å². The van der Waals surface area contributed by atoms with E-state index in [0.29, 0.717) is 22.7 Å². The number of hydrogen-bond donors (Lipinski definition) is 1. The fraction of sp³-hybridized carbons (Fsp3) is 0.400. The summed E-state index contributed by atoms with van der Waals surface area (Å²) in [4.78, 5) is 4.86. The van der Waals surface area contributed by atoms with Gasteiger partial charge >= 0.3 is 0 Å². The molecule has 0 atom stereocenters. The second-order valence-electron chi connectivity index (χ2n) is 4.99. The summed E-state index contributed by atoms with van der Waals surface area (Å²) in [5, 5.41) is 3.78. The van der Waals surface area contributed by atoms with E-state index in [-0.39, 0.29) is 5.82 Å². The number of aryl methyl sites for hydroxylation is 2. The Morgan fingerprint density at radius 3 is 2.70 bits per heavy atom. The average molecular weight is 294 g/mol. The van der Waals surface area contributed by atoms with Gasteiger partial charge in [-0.15, -0.1) is 0 Å². The molecule has 0 saturated heterocycles. The van der Waals surface area contributed by atoms with Crippen molar-refractivity contribution in [2.75, 3.05) is 0 Å². The van der Waals surface area contributed by atoms with Gasteiger partial charge in [0, 0.05) is 12.6 Å². The molecule has 1 heterocycles. The summed E-state index contributed by atoms with van der Waals surface area (Å²) in [6, 6.07) is 5.46. The van der Waals surface area contributed by atoms with Crippen molar-refractivity contribution >= 4 is 11.8 Å². The van der Waals surface area contributed by atoms with Crippen LogP contribution in [0.3, 0.4) is 0 Å². The summed E-state index contributed by atoms with van der Waals surface area (Å²) in [5.74, 6) is 0.525. The fourth-order valence-corrected chi connectivity index (χ4v) is 2.66. The lowest BCUT2D eigenvalue weighted by Crippen LogP contribution is -2.22. The summed E-state index contributed by atoms with van der Waals surface area (Å²) in [6.07, 6.45) is 0. The minimum Gasteiger partial charge on any atom is -0.436 e. The fourth-order valence-electron chi connectivity index (χ4n) is 1.70. The Kier molecular flexibility index (Phi) is 4.83. The van der Waals surface area contributed by atoms with E-state index in [2.05, 4.69) is 24.1 Å². The SMILES string of the molecule is Cc1nc(Sc2c(F)cccc2CNC(C)C)oc1C. The molecule has 0 aliphatic carbocycles. The van der Waals surface area contributed by atoms with Crippen LogP contribution in [0.5, 0.6) is 0 Å².